The quantitative estimate of drug-likeness (QED) is 0.620. The molecule has 0 aromatic heterocycles. The second-order valence-corrected chi connectivity index (χ2v) is 6.09. The van der Waals surface area contributed by atoms with Crippen molar-refractivity contribution in [3.05, 3.63) is 63.6 Å². The average molecular weight is 384 g/mol. The van der Waals surface area contributed by atoms with Crippen molar-refractivity contribution in [2.75, 3.05) is 6.61 Å². The molecule has 0 N–H and O–H groups in total. The summed E-state index contributed by atoms with van der Waals surface area (Å²) < 4.78 is 6.61. The second kappa shape index (κ2) is 6.58. The van der Waals surface area contributed by atoms with Gasteiger partial charge in [0.25, 0.3) is 0 Å². The van der Waals surface area contributed by atoms with E-state index in [1.165, 1.54) is 16.7 Å². The highest BCUT2D eigenvalue weighted by molar-refractivity contribution is 9.10. The summed E-state index contributed by atoms with van der Waals surface area (Å²) in [6, 6.07) is 14.5. The number of ether oxygens (including phenoxy) is 1. The Bertz CT molecular complexity index is 549. The Morgan fingerprint density at radius 1 is 1.11 bits per heavy atom. The van der Waals surface area contributed by atoms with Gasteiger partial charge < -0.3 is 4.74 Å². The SMILES string of the molecule is CCOc1ccc(C(Br)c2cccc(Br)c2C)cc1. The van der Waals surface area contributed by atoms with E-state index in [0.717, 1.165) is 10.2 Å². The Hall–Kier alpha value is -0.800. The predicted octanol–water partition coefficient (Wildman–Crippen LogP) is 5.64. The standard InChI is InChI=1S/C16H16Br2O/c1-3-19-13-9-7-12(8-10-13)16(18)14-5-4-6-15(17)11(14)2/h4-10,16H,3H2,1-2H3. The van der Waals surface area contributed by atoms with Crippen LogP contribution < -0.4 is 4.74 Å². The minimum atomic E-state index is 0.195. The van der Waals surface area contributed by atoms with Gasteiger partial charge in [0.05, 0.1) is 11.4 Å². The predicted molar refractivity (Wildman–Crippen MR) is 87.3 cm³/mol. The van der Waals surface area contributed by atoms with Gasteiger partial charge in [-0.2, -0.15) is 0 Å². The van der Waals surface area contributed by atoms with Crippen molar-refractivity contribution < 1.29 is 4.74 Å². The minimum absolute atomic E-state index is 0.195. The summed E-state index contributed by atoms with van der Waals surface area (Å²) in [5.41, 5.74) is 3.77. The van der Waals surface area contributed by atoms with Crippen LogP contribution in [0.3, 0.4) is 0 Å². The van der Waals surface area contributed by atoms with E-state index >= 15 is 0 Å². The Morgan fingerprint density at radius 3 is 2.42 bits per heavy atom. The van der Waals surface area contributed by atoms with E-state index in [-0.39, 0.29) is 4.83 Å². The van der Waals surface area contributed by atoms with Gasteiger partial charge in [0, 0.05) is 4.47 Å². The van der Waals surface area contributed by atoms with Crippen LogP contribution in [0, 0.1) is 6.92 Å². The number of rotatable bonds is 4. The fourth-order valence-electron chi connectivity index (χ4n) is 1.98. The topological polar surface area (TPSA) is 9.23 Å². The van der Waals surface area contributed by atoms with E-state index in [2.05, 4.69) is 69.1 Å². The highest BCUT2D eigenvalue weighted by Gasteiger charge is 2.13. The highest BCUT2D eigenvalue weighted by Crippen LogP contribution is 2.35. The van der Waals surface area contributed by atoms with Gasteiger partial charge in [0.2, 0.25) is 0 Å². The molecule has 1 atom stereocenters. The minimum Gasteiger partial charge on any atom is -0.494 e. The number of alkyl halides is 1. The first-order valence-electron chi connectivity index (χ1n) is 6.25. The Balaban J connectivity index is 2.28. The maximum Gasteiger partial charge on any atom is 0.119 e. The van der Waals surface area contributed by atoms with E-state index in [9.17, 15) is 0 Å². The van der Waals surface area contributed by atoms with Crippen molar-refractivity contribution in [2.24, 2.45) is 0 Å². The van der Waals surface area contributed by atoms with Crippen molar-refractivity contribution in [2.45, 2.75) is 18.7 Å². The summed E-state index contributed by atoms with van der Waals surface area (Å²) in [4.78, 5) is 0.195. The van der Waals surface area contributed by atoms with Crippen molar-refractivity contribution in [3.8, 4) is 5.75 Å². The molecule has 0 radical (unpaired) electrons. The molecule has 0 fully saturated rings. The summed E-state index contributed by atoms with van der Waals surface area (Å²) in [6.07, 6.45) is 0. The molecule has 0 spiro atoms. The maximum absolute atomic E-state index is 5.47. The van der Waals surface area contributed by atoms with Gasteiger partial charge in [-0.1, -0.05) is 56.1 Å². The van der Waals surface area contributed by atoms with Crippen LogP contribution in [0.5, 0.6) is 5.75 Å². The molecular formula is C16H16Br2O. The lowest BCUT2D eigenvalue weighted by molar-refractivity contribution is 0.340. The van der Waals surface area contributed by atoms with E-state index in [0.29, 0.717) is 6.61 Å². The molecule has 3 heteroatoms. The maximum atomic E-state index is 5.47. The van der Waals surface area contributed by atoms with Crippen LogP contribution in [0.15, 0.2) is 46.9 Å². The van der Waals surface area contributed by atoms with Crippen LogP contribution in [-0.4, -0.2) is 6.61 Å². The average Bonchev–Trinajstić information content (AvgIpc) is 2.42. The third-order valence-electron chi connectivity index (χ3n) is 3.07. The first-order valence-corrected chi connectivity index (χ1v) is 7.96. The summed E-state index contributed by atoms with van der Waals surface area (Å²) in [7, 11) is 0. The molecule has 100 valence electrons. The van der Waals surface area contributed by atoms with Gasteiger partial charge in [-0.15, -0.1) is 0 Å². The molecule has 2 aromatic carbocycles. The molecule has 2 aromatic rings. The van der Waals surface area contributed by atoms with Crippen LogP contribution in [0.2, 0.25) is 0 Å². The summed E-state index contributed by atoms with van der Waals surface area (Å²) in [6.45, 7) is 4.82. The van der Waals surface area contributed by atoms with E-state index in [1.807, 2.05) is 19.1 Å². The lowest BCUT2D eigenvalue weighted by atomic mass is 10.0. The third kappa shape index (κ3) is 3.40. The monoisotopic (exact) mass is 382 g/mol. The van der Waals surface area contributed by atoms with Gasteiger partial charge in [0.1, 0.15) is 5.75 Å². The van der Waals surface area contributed by atoms with Gasteiger partial charge in [-0.3, -0.25) is 0 Å². The zero-order valence-electron chi connectivity index (χ0n) is 11.0. The number of benzene rings is 2. The van der Waals surface area contributed by atoms with Crippen molar-refractivity contribution in [1.29, 1.82) is 0 Å². The molecule has 2 rings (SSSR count). The van der Waals surface area contributed by atoms with E-state index in [4.69, 9.17) is 4.74 Å². The van der Waals surface area contributed by atoms with E-state index < -0.39 is 0 Å². The fourth-order valence-corrected chi connectivity index (χ4v) is 3.16. The molecular weight excluding hydrogens is 368 g/mol. The van der Waals surface area contributed by atoms with Crippen molar-refractivity contribution >= 4 is 31.9 Å². The normalized spacial score (nSPS) is 12.2. The molecule has 1 nitrogen and oxygen atoms in total. The number of hydrogen-bond acceptors (Lipinski definition) is 1. The first-order chi connectivity index (χ1) is 9.13. The van der Waals surface area contributed by atoms with E-state index in [1.54, 1.807) is 0 Å². The zero-order chi connectivity index (χ0) is 13.8. The molecule has 19 heavy (non-hydrogen) atoms. The molecule has 0 saturated heterocycles. The molecule has 0 heterocycles. The van der Waals surface area contributed by atoms with Gasteiger partial charge >= 0.3 is 0 Å². The lowest BCUT2D eigenvalue weighted by Crippen LogP contribution is -1.97. The second-order valence-electron chi connectivity index (χ2n) is 4.32. The first kappa shape index (κ1) is 14.6. The van der Waals surface area contributed by atoms with Crippen LogP contribution in [0.1, 0.15) is 28.4 Å². The molecule has 0 aliphatic rings. The molecule has 1 unspecified atom stereocenters. The molecule has 0 bridgehead atoms. The van der Waals surface area contributed by atoms with Crippen LogP contribution >= 0.6 is 31.9 Å². The molecule has 0 aliphatic heterocycles. The molecule has 0 saturated carbocycles. The zero-order valence-corrected chi connectivity index (χ0v) is 14.2. The molecule has 0 amide bonds. The summed E-state index contributed by atoms with van der Waals surface area (Å²) >= 11 is 7.36. The number of hydrogen-bond donors (Lipinski definition) is 0. The fraction of sp³-hybridized carbons (Fsp3) is 0.250. The molecule has 0 aliphatic carbocycles. The van der Waals surface area contributed by atoms with Crippen LogP contribution in [0.25, 0.3) is 0 Å². The smallest absolute Gasteiger partial charge is 0.119 e. The van der Waals surface area contributed by atoms with Gasteiger partial charge in [-0.05, 0) is 48.7 Å². The Labute approximate surface area is 131 Å². The van der Waals surface area contributed by atoms with Crippen LogP contribution in [0.4, 0.5) is 0 Å². The summed E-state index contributed by atoms with van der Waals surface area (Å²) in [5.74, 6) is 0.914. The van der Waals surface area contributed by atoms with Crippen molar-refractivity contribution in [3.63, 3.8) is 0 Å². The third-order valence-corrected chi connectivity index (χ3v) is 4.95. The Morgan fingerprint density at radius 2 is 1.79 bits per heavy atom. The number of halogens is 2. The van der Waals surface area contributed by atoms with Gasteiger partial charge in [0.15, 0.2) is 0 Å². The highest BCUT2D eigenvalue weighted by atomic mass is 79.9. The summed E-state index contributed by atoms with van der Waals surface area (Å²) in [5, 5.41) is 0. The van der Waals surface area contributed by atoms with Crippen molar-refractivity contribution in [1.82, 2.24) is 0 Å². The van der Waals surface area contributed by atoms with Gasteiger partial charge in [-0.25, -0.2) is 0 Å². The lowest BCUT2D eigenvalue weighted by Gasteiger charge is -2.15. The largest absolute Gasteiger partial charge is 0.494 e. The Kier molecular flexibility index (Phi) is 5.06. The van der Waals surface area contributed by atoms with Crippen LogP contribution in [-0.2, 0) is 0 Å².